The van der Waals surface area contributed by atoms with Crippen molar-refractivity contribution in [2.75, 3.05) is 41.7 Å². The molecule has 0 atom stereocenters. The molecule has 2 N–H and O–H groups in total. The number of halogens is 1. The van der Waals surface area contributed by atoms with Crippen LogP contribution in [-0.2, 0) is 6.42 Å². The van der Waals surface area contributed by atoms with E-state index in [0.29, 0.717) is 35.1 Å². The number of nitrogens with zero attached hydrogens (tertiary/aromatic N) is 5. The molecule has 172 valence electrons. The molecule has 8 heteroatoms. The molecule has 1 aliphatic heterocycles. The van der Waals surface area contributed by atoms with Crippen molar-refractivity contribution in [2.45, 2.75) is 12.8 Å². The van der Waals surface area contributed by atoms with E-state index in [9.17, 15) is 4.79 Å². The third-order valence-electron chi connectivity index (χ3n) is 6.24. The van der Waals surface area contributed by atoms with Crippen LogP contribution in [0.15, 0.2) is 67.3 Å². The first-order valence-corrected chi connectivity index (χ1v) is 11.7. The summed E-state index contributed by atoms with van der Waals surface area (Å²) < 4.78 is 0. The largest absolute Gasteiger partial charge is 0.383 e. The summed E-state index contributed by atoms with van der Waals surface area (Å²) in [6, 6.07) is 13.7. The summed E-state index contributed by atoms with van der Waals surface area (Å²) in [5.41, 5.74) is 8.77. The van der Waals surface area contributed by atoms with Gasteiger partial charge in [-0.15, -0.1) is 0 Å². The van der Waals surface area contributed by atoms with Gasteiger partial charge >= 0.3 is 0 Å². The third kappa shape index (κ3) is 4.65. The van der Waals surface area contributed by atoms with Crippen molar-refractivity contribution in [2.24, 2.45) is 0 Å². The fourth-order valence-electron chi connectivity index (χ4n) is 4.42. The number of carbonyl (C=O) groups excluding carboxylic acids is 1. The highest BCUT2D eigenvalue weighted by Gasteiger charge is 2.23. The summed E-state index contributed by atoms with van der Waals surface area (Å²) in [5, 5.41) is 2.41. The summed E-state index contributed by atoms with van der Waals surface area (Å²) >= 11 is 6.24. The number of hydrogen-bond acceptors (Lipinski definition) is 7. The van der Waals surface area contributed by atoms with Crippen LogP contribution in [0.4, 0.5) is 17.3 Å². The second-order valence-electron chi connectivity index (χ2n) is 8.38. The van der Waals surface area contributed by atoms with E-state index in [2.05, 4.69) is 30.8 Å². The van der Waals surface area contributed by atoms with Gasteiger partial charge in [-0.05, 0) is 41.6 Å². The minimum absolute atomic E-state index is 0.0379. The fourth-order valence-corrected chi connectivity index (χ4v) is 4.58. The molecule has 34 heavy (non-hydrogen) atoms. The van der Waals surface area contributed by atoms with Crippen LogP contribution in [0.1, 0.15) is 22.3 Å². The van der Waals surface area contributed by atoms with Gasteiger partial charge in [-0.3, -0.25) is 9.78 Å². The van der Waals surface area contributed by atoms with Crippen molar-refractivity contribution in [3.63, 3.8) is 0 Å². The maximum Gasteiger partial charge on any atom is 0.166 e. The first-order valence-electron chi connectivity index (χ1n) is 11.3. The number of rotatable bonds is 6. The van der Waals surface area contributed by atoms with E-state index in [4.69, 9.17) is 17.3 Å². The van der Waals surface area contributed by atoms with Crippen LogP contribution >= 0.6 is 11.6 Å². The zero-order chi connectivity index (χ0) is 23.5. The highest BCUT2D eigenvalue weighted by molar-refractivity contribution is 6.31. The van der Waals surface area contributed by atoms with Crippen LogP contribution in [0.25, 0.3) is 10.8 Å². The summed E-state index contributed by atoms with van der Waals surface area (Å²) in [7, 11) is 0. The van der Waals surface area contributed by atoms with E-state index >= 15 is 0 Å². The smallest absolute Gasteiger partial charge is 0.166 e. The molecular formula is C26H25ClN6O. The molecule has 4 aromatic rings. The molecule has 4 heterocycles. The number of pyridine rings is 3. The van der Waals surface area contributed by atoms with E-state index in [-0.39, 0.29) is 5.78 Å². The van der Waals surface area contributed by atoms with E-state index in [1.54, 1.807) is 30.9 Å². The van der Waals surface area contributed by atoms with Gasteiger partial charge in [0.15, 0.2) is 5.78 Å². The maximum atomic E-state index is 13.3. The number of hydrogen-bond donors (Lipinski definition) is 1. The third-order valence-corrected chi connectivity index (χ3v) is 6.45. The second-order valence-corrected chi connectivity index (χ2v) is 8.82. The Kier molecular flexibility index (Phi) is 6.27. The van der Waals surface area contributed by atoms with Gasteiger partial charge in [-0.2, -0.15) is 0 Å². The second kappa shape index (κ2) is 9.65. The molecule has 0 spiro atoms. The zero-order valence-electron chi connectivity index (χ0n) is 18.7. The lowest BCUT2D eigenvalue weighted by Gasteiger charge is -2.37. The van der Waals surface area contributed by atoms with Gasteiger partial charge in [-0.1, -0.05) is 29.8 Å². The van der Waals surface area contributed by atoms with Gasteiger partial charge in [0.25, 0.3) is 0 Å². The fraction of sp³-hybridized carbons (Fsp3) is 0.231. The highest BCUT2D eigenvalue weighted by atomic mass is 35.5. The molecule has 7 nitrogen and oxygen atoms in total. The van der Waals surface area contributed by atoms with Gasteiger partial charge in [0.05, 0.1) is 10.6 Å². The molecule has 0 aliphatic carbocycles. The number of anilines is 3. The van der Waals surface area contributed by atoms with Crippen LogP contribution < -0.4 is 15.5 Å². The standard InChI is InChI=1S/C26H25ClN6O/c27-20-16-23(24(34)4-2-18-1-3-22-19(15-18)5-10-30-25(22)28)26(31-17-20)33-13-11-32(12-14-33)21-6-8-29-9-7-21/h1,3,5-10,15-17H,2,4,11-14H2,(H2,28,30). The number of carbonyl (C=O) groups is 1. The molecule has 0 bridgehead atoms. The number of piperazine rings is 1. The van der Waals surface area contributed by atoms with Crippen molar-refractivity contribution in [3.8, 4) is 0 Å². The monoisotopic (exact) mass is 472 g/mol. The lowest BCUT2D eigenvalue weighted by molar-refractivity contribution is 0.0983. The van der Waals surface area contributed by atoms with Crippen molar-refractivity contribution < 1.29 is 4.79 Å². The SMILES string of the molecule is Nc1nccc2cc(CCC(=O)c3cc(Cl)cnc3N3CCN(c4ccncc4)CC3)ccc12. The first-order chi connectivity index (χ1) is 16.6. The van der Waals surface area contributed by atoms with Gasteiger partial charge in [0.1, 0.15) is 11.6 Å². The normalized spacial score (nSPS) is 13.9. The van der Waals surface area contributed by atoms with Crippen LogP contribution in [0, 0.1) is 0 Å². The highest BCUT2D eigenvalue weighted by Crippen LogP contribution is 2.26. The Labute approximate surface area is 203 Å². The topological polar surface area (TPSA) is 88.2 Å². The van der Waals surface area contributed by atoms with Crippen LogP contribution in [0.5, 0.6) is 0 Å². The van der Waals surface area contributed by atoms with Crippen LogP contribution in [0.2, 0.25) is 5.02 Å². The molecule has 1 aliphatic rings. The number of aromatic nitrogens is 3. The maximum absolute atomic E-state index is 13.3. The molecule has 0 amide bonds. The molecule has 5 rings (SSSR count). The lowest BCUT2D eigenvalue weighted by atomic mass is 10.0. The Morgan fingerprint density at radius 2 is 1.71 bits per heavy atom. The Morgan fingerprint density at radius 3 is 2.50 bits per heavy atom. The molecular weight excluding hydrogens is 448 g/mol. The van der Waals surface area contributed by atoms with Crippen molar-refractivity contribution in [3.05, 3.63) is 83.4 Å². The lowest BCUT2D eigenvalue weighted by Crippen LogP contribution is -2.47. The summed E-state index contributed by atoms with van der Waals surface area (Å²) in [5.74, 6) is 1.26. The van der Waals surface area contributed by atoms with Crippen molar-refractivity contribution in [1.29, 1.82) is 0 Å². The molecule has 0 radical (unpaired) electrons. The average Bonchev–Trinajstić information content (AvgIpc) is 2.88. The van der Waals surface area contributed by atoms with E-state index in [0.717, 1.165) is 48.2 Å². The molecule has 3 aromatic heterocycles. The summed E-state index contributed by atoms with van der Waals surface area (Å²) in [6.45, 7) is 3.24. The number of fused-ring (bicyclic) bond motifs is 1. The van der Waals surface area contributed by atoms with E-state index < -0.39 is 0 Å². The predicted molar refractivity (Wildman–Crippen MR) is 137 cm³/mol. The van der Waals surface area contributed by atoms with E-state index in [1.807, 2.05) is 30.3 Å². The number of nitrogen functional groups attached to an aromatic ring is 1. The average molecular weight is 473 g/mol. The number of ketones is 1. The number of aryl methyl sites for hydroxylation is 1. The Balaban J connectivity index is 1.29. The minimum Gasteiger partial charge on any atom is -0.383 e. The molecule has 1 saturated heterocycles. The number of nitrogens with two attached hydrogens (primary N) is 1. The van der Waals surface area contributed by atoms with Crippen molar-refractivity contribution in [1.82, 2.24) is 15.0 Å². The van der Waals surface area contributed by atoms with E-state index in [1.165, 1.54) is 0 Å². The minimum atomic E-state index is 0.0379. The van der Waals surface area contributed by atoms with Crippen LogP contribution in [-0.4, -0.2) is 46.9 Å². The molecule has 0 saturated carbocycles. The summed E-state index contributed by atoms with van der Waals surface area (Å²) in [6.07, 6.45) is 7.92. The van der Waals surface area contributed by atoms with Gasteiger partial charge in [-0.25, -0.2) is 9.97 Å². The molecule has 1 aromatic carbocycles. The van der Waals surface area contributed by atoms with Gasteiger partial charge in [0.2, 0.25) is 0 Å². The van der Waals surface area contributed by atoms with Gasteiger partial charge < -0.3 is 15.5 Å². The first kappa shape index (κ1) is 22.1. The Morgan fingerprint density at radius 1 is 0.941 bits per heavy atom. The molecule has 1 fully saturated rings. The zero-order valence-corrected chi connectivity index (χ0v) is 19.4. The number of benzene rings is 1. The van der Waals surface area contributed by atoms with Crippen LogP contribution in [0.3, 0.4) is 0 Å². The Hall–Kier alpha value is -3.71. The Bertz CT molecular complexity index is 1320. The molecule has 0 unspecified atom stereocenters. The van der Waals surface area contributed by atoms with Crippen molar-refractivity contribution >= 4 is 45.5 Å². The quantitative estimate of drug-likeness (QED) is 0.416. The number of Topliss-reactive ketones (excluding diaryl/α,β-unsaturated/α-hetero) is 1. The van der Waals surface area contributed by atoms with Gasteiger partial charge in [0, 0.05) is 68.5 Å². The predicted octanol–water partition coefficient (Wildman–Crippen LogP) is 4.40. The summed E-state index contributed by atoms with van der Waals surface area (Å²) in [4.78, 5) is 30.5.